The second kappa shape index (κ2) is 6.01. The van der Waals surface area contributed by atoms with Crippen LogP contribution in [-0.2, 0) is 0 Å². The lowest BCUT2D eigenvalue weighted by atomic mass is 10.1. The van der Waals surface area contributed by atoms with Gasteiger partial charge in [0.05, 0.1) is 5.69 Å². The summed E-state index contributed by atoms with van der Waals surface area (Å²) in [6, 6.07) is 21.2. The van der Waals surface area contributed by atoms with E-state index in [4.69, 9.17) is 0 Å². The Bertz CT molecular complexity index is 991. The number of hydrogen-bond acceptors (Lipinski definition) is 2. The van der Waals surface area contributed by atoms with Crippen molar-refractivity contribution in [3.63, 3.8) is 0 Å². The van der Waals surface area contributed by atoms with Gasteiger partial charge in [0.15, 0.2) is 0 Å². The number of fused-ring (bicyclic) bond motifs is 1. The molecular formula is C20H15N3O. The molecule has 0 atom stereocenters. The number of aromatic nitrogens is 2. The van der Waals surface area contributed by atoms with Gasteiger partial charge >= 0.3 is 0 Å². The van der Waals surface area contributed by atoms with Gasteiger partial charge in [-0.2, -0.15) is 0 Å². The molecule has 4 rings (SSSR count). The van der Waals surface area contributed by atoms with Crippen molar-refractivity contribution in [3.05, 3.63) is 84.7 Å². The topological polar surface area (TPSA) is 57.8 Å². The van der Waals surface area contributed by atoms with Crippen LogP contribution in [0, 0.1) is 0 Å². The number of nitrogens with zero attached hydrogens (tertiary/aromatic N) is 1. The molecule has 0 saturated carbocycles. The number of aromatic amines is 1. The smallest absolute Gasteiger partial charge is 0.255 e. The van der Waals surface area contributed by atoms with Gasteiger partial charge in [-0.1, -0.05) is 48.5 Å². The zero-order chi connectivity index (χ0) is 16.4. The number of H-pyrrole nitrogens is 1. The van der Waals surface area contributed by atoms with E-state index in [0.29, 0.717) is 5.56 Å². The summed E-state index contributed by atoms with van der Waals surface area (Å²) in [7, 11) is 0. The van der Waals surface area contributed by atoms with Gasteiger partial charge in [-0.25, -0.2) is 4.98 Å². The van der Waals surface area contributed by atoms with Crippen LogP contribution < -0.4 is 5.32 Å². The minimum atomic E-state index is -0.137. The Morgan fingerprint density at radius 2 is 1.62 bits per heavy atom. The maximum atomic E-state index is 12.4. The van der Waals surface area contributed by atoms with Crippen molar-refractivity contribution in [1.29, 1.82) is 0 Å². The SMILES string of the molecule is O=C(Nc1c[nH]c2ncc(-c3ccccc3)cc12)c1ccccc1. The van der Waals surface area contributed by atoms with Gasteiger partial charge in [0.25, 0.3) is 5.91 Å². The molecule has 0 spiro atoms. The summed E-state index contributed by atoms with van der Waals surface area (Å²) in [5.74, 6) is -0.137. The first-order chi connectivity index (χ1) is 11.8. The Labute approximate surface area is 139 Å². The highest BCUT2D eigenvalue weighted by Gasteiger charge is 2.11. The molecule has 1 amide bonds. The van der Waals surface area contributed by atoms with Crippen molar-refractivity contribution >= 4 is 22.6 Å². The molecule has 0 aliphatic heterocycles. The Hall–Kier alpha value is -3.40. The summed E-state index contributed by atoms with van der Waals surface area (Å²) in [6.45, 7) is 0. The van der Waals surface area contributed by atoms with Gasteiger partial charge in [-0.3, -0.25) is 4.79 Å². The zero-order valence-corrected chi connectivity index (χ0v) is 12.9. The first kappa shape index (κ1) is 14.2. The summed E-state index contributed by atoms with van der Waals surface area (Å²) in [4.78, 5) is 19.9. The van der Waals surface area contributed by atoms with Crippen molar-refractivity contribution in [2.75, 3.05) is 5.32 Å². The molecule has 2 aromatic heterocycles. The Morgan fingerprint density at radius 1 is 0.917 bits per heavy atom. The number of hydrogen-bond donors (Lipinski definition) is 2. The summed E-state index contributed by atoms with van der Waals surface area (Å²) >= 11 is 0. The second-order valence-electron chi connectivity index (χ2n) is 5.51. The monoisotopic (exact) mass is 313 g/mol. The van der Waals surface area contributed by atoms with Gasteiger partial charge in [-0.05, 0) is 23.8 Å². The molecule has 4 nitrogen and oxygen atoms in total. The molecule has 0 radical (unpaired) electrons. The number of anilines is 1. The lowest BCUT2D eigenvalue weighted by Crippen LogP contribution is -2.11. The average Bonchev–Trinajstić information content (AvgIpc) is 3.05. The molecule has 4 aromatic rings. The van der Waals surface area contributed by atoms with Gasteiger partial charge in [-0.15, -0.1) is 0 Å². The molecule has 0 aliphatic rings. The largest absolute Gasteiger partial charge is 0.344 e. The van der Waals surface area contributed by atoms with Crippen LogP contribution >= 0.6 is 0 Å². The molecule has 0 bridgehead atoms. The van der Waals surface area contributed by atoms with Gasteiger partial charge in [0.2, 0.25) is 0 Å². The highest BCUT2D eigenvalue weighted by atomic mass is 16.1. The maximum absolute atomic E-state index is 12.4. The number of carbonyl (C=O) groups is 1. The van der Waals surface area contributed by atoms with E-state index in [1.54, 1.807) is 18.3 Å². The van der Waals surface area contributed by atoms with E-state index in [0.717, 1.165) is 27.8 Å². The lowest BCUT2D eigenvalue weighted by Gasteiger charge is -2.05. The molecule has 0 fully saturated rings. The summed E-state index contributed by atoms with van der Waals surface area (Å²) in [6.07, 6.45) is 3.60. The van der Waals surface area contributed by atoms with Crippen molar-refractivity contribution in [2.45, 2.75) is 0 Å². The van der Waals surface area contributed by atoms with Crippen LogP contribution in [0.2, 0.25) is 0 Å². The van der Waals surface area contributed by atoms with Crippen molar-refractivity contribution in [2.24, 2.45) is 0 Å². The number of benzene rings is 2. The van der Waals surface area contributed by atoms with Crippen molar-refractivity contribution in [3.8, 4) is 11.1 Å². The molecule has 0 aliphatic carbocycles. The number of amides is 1. The van der Waals surface area contributed by atoms with E-state index >= 15 is 0 Å². The van der Waals surface area contributed by atoms with E-state index in [1.165, 1.54) is 0 Å². The van der Waals surface area contributed by atoms with Crippen LogP contribution in [0.25, 0.3) is 22.2 Å². The fraction of sp³-hybridized carbons (Fsp3) is 0. The van der Waals surface area contributed by atoms with Crippen LogP contribution in [-0.4, -0.2) is 15.9 Å². The van der Waals surface area contributed by atoms with E-state index < -0.39 is 0 Å². The van der Waals surface area contributed by atoms with E-state index in [2.05, 4.69) is 15.3 Å². The molecule has 116 valence electrons. The standard InChI is InChI=1S/C20H15N3O/c24-20(15-9-5-2-6-10-15)23-18-13-22-19-17(18)11-16(12-21-19)14-7-3-1-4-8-14/h1-13H,(H,21,22)(H,23,24). The lowest BCUT2D eigenvalue weighted by molar-refractivity contribution is 0.102. The third kappa shape index (κ3) is 2.65. The Balaban J connectivity index is 1.70. The maximum Gasteiger partial charge on any atom is 0.255 e. The van der Waals surface area contributed by atoms with Crippen LogP contribution in [0.4, 0.5) is 5.69 Å². The van der Waals surface area contributed by atoms with Gasteiger partial charge in [0.1, 0.15) is 5.65 Å². The minimum Gasteiger partial charge on any atom is -0.344 e. The molecule has 2 heterocycles. The highest BCUT2D eigenvalue weighted by Crippen LogP contribution is 2.27. The quantitative estimate of drug-likeness (QED) is 0.586. The summed E-state index contributed by atoms with van der Waals surface area (Å²) in [5, 5.41) is 3.84. The Morgan fingerprint density at radius 3 is 2.38 bits per heavy atom. The van der Waals surface area contributed by atoms with Crippen molar-refractivity contribution in [1.82, 2.24) is 9.97 Å². The number of nitrogens with one attached hydrogen (secondary N) is 2. The van der Waals surface area contributed by atoms with Crippen LogP contribution in [0.5, 0.6) is 0 Å². The average molecular weight is 313 g/mol. The highest BCUT2D eigenvalue weighted by molar-refractivity contribution is 6.08. The van der Waals surface area contributed by atoms with Crippen LogP contribution in [0.15, 0.2) is 79.1 Å². The molecule has 2 N–H and O–H groups in total. The molecule has 0 saturated heterocycles. The third-order valence-electron chi connectivity index (χ3n) is 3.92. The van der Waals surface area contributed by atoms with Crippen LogP contribution in [0.1, 0.15) is 10.4 Å². The van der Waals surface area contributed by atoms with Gasteiger partial charge in [0, 0.05) is 28.9 Å². The molecule has 0 unspecified atom stereocenters. The molecular weight excluding hydrogens is 298 g/mol. The molecule has 2 aromatic carbocycles. The molecule has 24 heavy (non-hydrogen) atoms. The van der Waals surface area contributed by atoms with Gasteiger partial charge < -0.3 is 10.3 Å². The first-order valence-electron chi connectivity index (χ1n) is 7.70. The zero-order valence-electron chi connectivity index (χ0n) is 12.9. The van der Waals surface area contributed by atoms with Crippen LogP contribution in [0.3, 0.4) is 0 Å². The second-order valence-corrected chi connectivity index (χ2v) is 5.51. The fourth-order valence-corrected chi connectivity index (χ4v) is 2.68. The number of pyridine rings is 1. The van der Waals surface area contributed by atoms with E-state index in [1.807, 2.05) is 60.8 Å². The predicted octanol–water partition coefficient (Wildman–Crippen LogP) is 4.48. The summed E-state index contributed by atoms with van der Waals surface area (Å²) < 4.78 is 0. The molecule has 4 heteroatoms. The minimum absolute atomic E-state index is 0.137. The number of rotatable bonds is 3. The predicted molar refractivity (Wildman–Crippen MR) is 95.9 cm³/mol. The summed E-state index contributed by atoms with van der Waals surface area (Å²) in [5.41, 5.74) is 4.20. The third-order valence-corrected chi connectivity index (χ3v) is 3.92. The van der Waals surface area contributed by atoms with Crippen molar-refractivity contribution < 1.29 is 4.79 Å². The normalized spacial score (nSPS) is 10.7. The first-order valence-corrected chi connectivity index (χ1v) is 7.70. The van der Waals surface area contributed by atoms with E-state index in [9.17, 15) is 4.79 Å². The van der Waals surface area contributed by atoms with E-state index in [-0.39, 0.29) is 5.91 Å². The fourth-order valence-electron chi connectivity index (χ4n) is 2.68. The number of carbonyl (C=O) groups excluding carboxylic acids is 1. The Kier molecular flexibility index (Phi) is 3.56.